The quantitative estimate of drug-likeness (QED) is 0.758. The molecule has 1 saturated heterocycles. The van der Waals surface area contributed by atoms with Gasteiger partial charge in [0, 0.05) is 38.8 Å². The van der Waals surface area contributed by atoms with Crippen molar-refractivity contribution in [2.45, 2.75) is 32.5 Å². The Morgan fingerprint density at radius 2 is 1.79 bits per heavy atom. The second-order valence-electron chi connectivity index (χ2n) is 6.92. The summed E-state index contributed by atoms with van der Waals surface area (Å²) in [7, 11) is 1.65. The Kier molecular flexibility index (Phi) is 6.64. The zero-order valence-corrected chi connectivity index (χ0v) is 16.1. The lowest BCUT2D eigenvalue weighted by Gasteiger charge is -2.19. The van der Waals surface area contributed by atoms with E-state index in [1.807, 2.05) is 17.0 Å². The summed E-state index contributed by atoms with van der Waals surface area (Å²) >= 11 is 0. The number of alkyl halides is 2. The lowest BCUT2D eigenvalue weighted by molar-refractivity contribution is -0.128. The number of rotatable bonds is 7. The first-order valence-electron chi connectivity index (χ1n) is 9.33. The zero-order valence-electron chi connectivity index (χ0n) is 16.1. The van der Waals surface area contributed by atoms with Crippen LogP contribution in [-0.2, 0) is 17.9 Å². The molecule has 0 saturated carbocycles. The lowest BCUT2D eigenvalue weighted by atomic mass is 10.2. The maximum absolute atomic E-state index is 12.4. The van der Waals surface area contributed by atoms with Gasteiger partial charge >= 0.3 is 12.6 Å². The number of nitrogens with one attached hydrogen (secondary N) is 1. The summed E-state index contributed by atoms with van der Waals surface area (Å²) in [5.41, 5.74) is 2.45. The van der Waals surface area contributed by atoms with Gasteiger partial charge < -0.3 is 19.9 Å². The van der Waals surface area contributed by atoms with Crippen LogP contribution in [0.5, 0.6) is 5.75 Å². The van der Waals surface area contributed by atoms with E-state index in [2.05, 4.69) is 10.1 Å². The second kappa shape index (κ2) is 9.36. The predicted octanol–water partition coefficient (Wildman–Crippen LogP) is 4.07. The summed E-state index contributed by atoms with van der Waals surface area (Å²) in [5, 5.41) is 2.81. The highest BCUT2D eigenvalue weighted by Crippen LogP contribution is 2.18. The van der Waals surface area contributed by atoms with Gasteiger partial charge in [0.15, 0.2) is 0 Å². The van der Waals surface area contributed by atoms with Gasteiger partial charge in [0.05, 0.1) is 0 Å². The lowest BCUT2D eigenvalue weighted by Crippen LogP contribution is -2.30. The van der Waals surface area contributed by atoms with E-state index < -0.39 is 6.61 Å². The van der Waals surface area contributed by atoms with Crippen molar-refractivity contribution in [3.8, 4) is 5.75 Å². The standard InChI is InChI=1S/C21H23F2N3O3/c1-25(13-15-6-10-18(11-7-15)29-20(22)23)21(28)24-17-8-4-16(5-9-17)14-26-12-2-3-19(26)27/h4-11,20H,2-3,12-14H2,1H3,(H,24,28). The smallest absolute Gasteiger partial charge is 0.387 e. The molecule has 6 nitrogen and oxygen atoms in total. The minimum Gasteiger partial charge on any atom is -0.435 e. The zero-order chi connectivity index (χ0) is 20.8. The molecule has 154 valence electrons. The number of amides is 3. The maximum atomic E-state index is 12.4. The van der Waals surface area contributed by atoms with Gasteiger partial charge in [-0.25, -0.2) is 4.79 Å². The molecule has 1 aliphatic rings. The van der Waals surface area contributed by atoms with Crippen molar-refractivity contribution in [2.24, 2.45) is 0 Å². The summed E-state index contributed by atoms with van der Waals surface area (Å²) in [6.45, 7) is -1.18. The van der Waals surface area contributed by atoms with E-state index in [1.54, 1.807) is 31.3 Å². The van der Waals surface area contributed by atoms with E-state index in [0.717, 1.165) is 24.1 Å². The monoisotopic (exact) mass is 403 g/mol. The molecule has 0 atom stereocenters. The van der Waals surface area contributed by atoms with E-state index in [9.17, 15) is 18.4 Å². The van der Waals surface area contributed by atoms with Crippen LogP contribution >= 0.6 is 0 Å². The van der Waals surface area contributed by atoms with Crippen LogP contribution in [-0.4, -0.2) is 41.9 Å². The highest BCUT2D eigenvalue weighted by molar-refractivity contribution is 5.89. The minimum absolute atomic E-state index is 0.0755. The second-order valence-corrected chi connectivity index (χ2v) is 6.92. The molecule has 29 heavy (non-hydrogen) atoms. The van der Waals surface area contributed by atoms with Crippen LogP contribution in [0.25, 0.3) is 0 Å². The first-order valence-corrected chi connectivity index (χ1v) is 9.33. The molecular weight excluding hydrogens is 380 g/mol. The average molecular weight is 403 g/mol. The number of hydrogen-bond acceptors (Lipinski definition) is 3. The van der Waals surface area contributed by atoms with Gasteiger partial charge in [-0.1, -0.05) is 24.3 Å². The first kappa shape index (κ1) is 20.6. The topological polar surface area (TPSA) is 61.9 Å². The molecule has 0 unspecified atom stereocenters. The number of urea groups is 1. The van der Waals surface area contributed by atoms with Crippen LogP contribution < -0.4 is 10.1 Å². The van der Waals surface area contributed by atoms with Gasteiger partial charge in [0.2, 0.25) is 5.91 Å². The number of benzene rings is 2. The Morgan fingerprint density at radius 1 is 1.14 bits per heavy atom. The molecule has 0 radical (unpaired) electrons. The molecule has 1 N–H and O–H groups in total. The van der Waals surface area contributed by atoms with E-state index in [1.165, 1.54) is 17.0 Å². The van der Waals surface area contributed by atoms with Crippen molar-refractivity contribution in [3.05, 3.63) is 59.7 Å². The van der Waals surface area contributed by atoms with Crippen LogP contribution in [0.1, 0.15) is 24.0 Å². The van der Waals surface area contributed by atoms with Crippen molar-refractivity contribution < 1.29 is 23.1 Å². The maximum Gasteiger partial charge on any atom is 0.387 e. The Labute approximate surface area is 168 Å². The molecule has 1 fully saturated rings. The molecule has 1 aliphatic heterocycles. The van der Waals surface area contributed by atoms with Gasteiger partial charge in [0.25, 0.3) is 0 Å². The van der Waals surface area contributed by atoms with Crippen molar-refractivity contribution in [2.75, 3.05) is 18.9 Å². The number of anilines is 1. The van der Waals surface area contributed by atoms with Gasteiger partial charge in [-0.2, -0.15) is 8.78 Å². The van der Waals surface area contributed by atoms with Crippen LogP contribution in [0.15, 0.2) is 48.5 Å². The number of carbonyl (C=O) groups is 2. The summed E-state index contributed by atoms with van der Waals surface area (Å²) in [4.78, 5) is 27.4. The molecule has 3 rings (SSSR count). The highest BCUT2D eigenvalue weighted by atomic mass is 19.3. The third kappa shape index (κ3) is 5.91. The van der Waals surface area contributed by atoms with Crippen LogP contribution in [0.2, 0.25) is 0 Å². The number of nitrogens with zero attached hydrogens (tertiary/aromatic N) is 2. The van der Waals surface area contributed by atoms with E-state index >= 15 is 0 Å². The Balaban J connectivity index is 1.50. The third-order valence-corrected chi connectivity index (χ3v) is 4.66. The van der Waals surface area contributed by atoms with Crippen molar-refractivity contribution in [3.63, 3.8) is 0 Å². The Hall–Kier alpha value is -3.16. The molecule has 2 aromatic rings. The van der Waals surface area contributed by atoms with Crippen molar-refractivity contribution >= 4 is 17.6 Å². The number of hydrogen-bond donors (Lipinski definition) is 1. The molecule has 0 aliphatic carbocycles. The summed E-state index contributed by atoms with van der Waals surface area (Å²) < 4.78 is 28.7. The van der Waals surface area contributed by atoms with E-state index in [4.69, 9.17) is 0 Å². The van der Waals surface area contributed by atoms with Gasteiger partial charge in [0.1, 0.15) is 5.75 Å². The molecule has 3 amide bonds. The Bertz CT molecular complexity index is 841. The molecule has 0 spiro atoms. The number of halogens is 2. The van der Waals surface area contributed by atoms with E-state index in [-0.39, 0.29) is 17.7 Å². The highest BCUT2D eigenvalue weighted by Gasteiger charge is 2.20. The van der Waals surface area contributed by atoms with Crippen LogP contribution in [0, 0.1) is 0 Å². The third-order valence-electron chi connectivity index (χ3n) is 4.66. The van der Waals surface area contributed by atoms with Crippen molar-refractivity contribution in [1.82, 2.24) is 9.80 Å². The fraction of sp³-hybridized carbons (Fsp3) is 0.333. The largest absolute Gasteiger partial charge is 0.435 e. The minimum atomic E-state index is -2.86. The molecule has 0 aromatic heterocycles. The fourth-order valence-corrected chi connectivity index (χ4v) is 3.13. The van der Waals surface area contributed by atoms with Gasteiger partial charge in [-0.05, 0) is 41.8 Å². The molecule has 2 aromatic carbocycles. The van der Waals surface area contributed by atoms with Gasteiger partial charge in [-0.3, -0.25) is 4.79 Å². The summed E-state index contributed by atoms with van der Waals surface area (Å²) in [6, 6.07) is 13.3. The fourth-order valence-electron chi connectivity index (χ4n) is 3.13. The predicted molar refractivity (Wildman–Crippen MR) is 105 cm³/mol. The summed E-state index contributed by atoms with van der Waals surface area (Å²) in [6.07, 6.45) is 1.52. The Morgan fingerprint density at radius 3 is 2.38 bits per heavy atom. The van der Waals surface area contributed by atoms with Crippen molar-refractivity contribution in [1.29, 1.82) is 0 Å². The van der Waals surface area contributed by atoms with Crippen LogP contribution in [0.3, 0.4) is 0 Å². The normalized spacial score (nSPS) is 13.7. The average Bonchev–Trinajstić information content (AvgIpc) is 3.09. The molecular formula is C21H23F2N3O3. The van der Waals surface area contributed by atoms with Gasteiger partial charge in [-0.15, -0.1) is 0 Å². The SMILES string of the molecule is CN(Cc1ccc(OC(F)F)cc1)C(=O)Nc1ccc(CN2CCCC2=O)cc1. The first-order chi connectivity index (χ1) is 13.9. The number of ether oxygens (including phenoxy) is 1. The number of likely N-dealkylation sites (tertiary alicyclic amines) is 1. The number of carbonyl (C=O) groups excluding carboxylic acids is 2. The molecule has 1 heterocycles. The summed E-state index contributed by atoms with van der Waals surface area (Å²) in [5.74, 6) is 0.254. The van der Waals surface area contributed by atoms with Crippen LogP contribution in [0.4, 0.5) is 19.3 Å². The molecule has 0 bridgehead atoms. The van der Waals surface area contributed by atoms with E-state index in [0.29, 0.717) is 25.2 Å². The molecule has 8 heteroatoms.